The second-order valence-electron chi connectivity index (χ2n) is 7.37. The fourth-order valence-corrected chi connectivity index (χ4v) is 3.69. The van der Waals surface area contributed by atoms with E-state index in [4.69, 9.17) is 14.5 Å². The molecule has 1 amide bonds. The predicted molar refractivity (Wildman–Crippen MR) is 124 cm³/mol. The highest BCUT2D eigenvalue weighted by atomic mass is 16.5. The number of amides is 1. The highest BCUT2D eigenvalue weighted by Crippen LogP contribution is 2.32. The number of hydrogen-bond donors (Lipinski definition) is 0. The van der Waals surface area contributed by atoms with E-state index >= 15 is 0 Å². The highest BCUT2D eigenvalue weighted by Gasteiger charge is 2.33. The summed E-state index contributed by atoms with van der Waals surface area (Å²) in [6, 6.07) is 21.2. The summed E-state index contributed by atoms with van der Waals surface area (Å²) in [5.41, 5.74) is 4.89. The van der Waals surface area contributed by atoms with Gasteiger partial charge < -0.3 is 9.47 Å². The smallest absolute Gasteiger partial charge is 0.282 e. The molecular formula is C26H24N2O3. The van der Waals surface area contributed by atoms with E-state index in [1.165, 1.54) is 0 Å². The van der Waals surface area contributed by atoms with Crippen molar-refractivity contribution in [2.75, 3.05) is 19.1 Å². The van der Waals surface area contributed by atoms with Gasteiger partial charge in [-0.15, -0.1) is 0 Å². The van der Waals surface area contributed by atoms with Crippen LogP contribution in [0.25, 0.3) is 6.08 Å². The first-order chi connectivity index (χ1) is 15.0. The maximum Gasteiger partial charge on any atom is 0.282 e. The zero-order chi connectivity index (χ0) is 22.0. The fourth-order valence-electron chi connectivity index (χ4n) is 3.69. The Labute approximate surface area is 182 Å². The Balaban J connectivity index is 1.88. The molecule has 0 saturated heterocycles. The minimum atomic E-state index is -0.185. The summed E-state index contributed by atoms with van der Waals surface area (Å²) in [7, 11) is 3.23. The maximum absolute atomic E-state index is 13.6. The van der Waals surface area contributed by atoms with Crippen LogP contribution in [-0.4, -0.2) is 26.0 Å². The number of carbonyl (C=O) groups is 1. The van der Waals surface area contributed by atoms with Crippen LogP contribution in [0.3, 0.4) is 0 Å². The second kappa shape index (κ2) is 8.48. The molecule has 0 aromatic heterocycles. The number of aryl methyl sites for hydroxylation is 2. The molecule has 3 aromatic rings. The fraction of sp³-hybridized carbons (Fsp3) is 0.154. The summed E-state index contributed by atoms with van der Waals surface area (Å²) < 4.78 is 10.8. The molecule has 3 aromatic carbocycles. The van der Waals surface area contributed by atoms with Gasteiger partial charge in [0.25, 0.3) is 5.91 Å². The van der Waals surface area contributed by atoms with Crippen molar-refractivity contribution >= 4 is 23.5 Å². The summed E-state index contributed by atoms with van der Waals surface area (Å²) in [4.78, 5) is 20.0. The molecule has 0 unspecified atom stereocenters. The molecule has 0 spiro atoms. The van der Waals surface area contributed by atoms with Gasteiger partial charge >= 0.3 is 0 Å². The number of aliphatic imine (C=N–C) groups is 1. The monoisotopic (exact) mass is 412 g/mol. The Hall–Kier alpha value is -3.86. The van der Waals surface area contributed by atoms with Crippen molar-refractivity contribution in [2.45, 2.75) is 13.8 Å². The molecule has 4 rings (SSSR count). The molecule has 1 aliphatic rings. The zero-order valence-electron chi connectivity index (χ0n) is 18.0. The minimum Gasteiger partial charge on any atom is -0.497 e. The molecule has 1 aliphatic heterocycles. The number of rotatable bonds is 5. The zero-order valence-corrected chi connectivity index (χ0v) is 18.0. The molecule has 0 N–H and O–H groups in total. The number of amidine groups is 1. The van der Waals surface area contributed by atoms with Crippen LogP contribution in [0.2, 0.25) is 0 Å². The molecule has 5 nitrogen and oxygen atoms in total. The molecule has 0 saturated carbocycles. The molecule has 0 fully saturated rings. The van der Waals surface area contributed by atoms with E-state index in [2.05, 4.69) is 6.07 Å². The molecule has 0 bridgehead atoms. The molecule has 5 heteroatoms. The number of benzene rings is 3. The van der Waals surface area contributed by atoms with E-state index in [1.54, 1.807) is 25.2 Å². The summed E-state index contributed by atoms with van der Waals surface area (Å²) >= 11 is 0. The summed E-state index contributed by atoms with van der Waals surface area (Å²) in [6.45, 7) is 4.04. The molecule has 0 radical (unpaired) electrons. The Kier molecular flexibility index (Phi) is 5.58. The summed E-state index contributed by atoms with van der Waals surface area (Å²) in [5.74, 6) is 1.77. The lowest BCUT2D eigenvalue weighted by atomic mass is 10.1. The number of ether oxygens (including phenoxy) is 2. The lowest BCUT2D eigenvalue weighted by molar-refractivity contribution is -0.113. The number of para-hydroxylation sites is 1. The van der Waals surface area contributed by atoms with E-state index in [0.717, 1.165) is 27.9 Å². The van der Waals surface area contributed by atoms with E-state index in [0.29, 0.717) is 23.0 Å². The molecular weight excluding hydrogens is 388 g/mol. The van der Waals surface area contributed by atoms with Crippen LogP contribution in [0, 0.1) is 13.8 Å². The third-order valence-electron chi connectivity index (χ3n) is 5.21. The predicted octanol–water partition coefficient (Wildman–Crippen LogP) is 5.16. The first-order valence-corrected chi connectivity index (χ1v) is 10.0. The number of hydrogen-bond acceptors (Lipinski definition) is 4. The van der Waals surface area contributed by atoms with Crippen molar-refractivity contribution in [3.63, 3.8) is 0 Å². The second-order valence-corrected chi connectivity index (χ2v) is 7.37. The highest BCUT2D eigenvalue weighted by molar-refractivity contribution is 6.33. The minimum absolute atomic E-state index is 0.185. The van der Waals surface area contributed by atoms with Crippen LogP contribution in [0.5, 0.6) is 11.5 Å². The van der Waals surface area contributed by atoms with E-state index in [-0.39, 0.29) is 5.91 Å². The van der Waals surface area contributed by atoms with Gasteiger partial charge in [-0.2, -0.15) is 0 Å². The van der Waals surface area contributed by atoms with Crippen LogP contribution >= 0.6 is 0 Å². The molecule has 1 heterocycles. The van der Waals surface area contributed by atoms with Gasteiger partial charge in [0.05, 0.1) is 19.9 Å². The van der Waals surface area contributed by atoms with Crippen LogP contribution in [0.4, 0.5) is 5.69 Å². The SMILES string of the molecule is COc1cccc(C2=N/C(=C\c3ccccc3OC)C(=O)N2c2ccc(C)cc2C)c1. The molecule has 0 atom stereocenters. The molecule has 0 aliphatic carbocycles. The van der Waals surface area contributed by atoms with Crippen LogP contribution in [0.1, 0.15) is 22.3 Å². The average Bonchev–Trinajstić information content (AvgIpc) is 3.10. The third kappa shape index (κ3) is 3.94. The van der Waals surface area contributed by atoms with Gasteiger partial charge in [-0.05, 0) is 49.8 Å². The lowest BCUT2D eigenvalue weighted by Crippen LogP contribution is -2.33. The van der Waals surface area contributed by atoms with Crippen LogP contribution < -0.4 is 14.4 Å². The van der Waals surface area contributed by atoms with Gasteiger partial charge in [0.2, 0.25) is 0 Å². The summed E-state index contributed by atoms with van der Waals surface area (Å²) in [5, 5.41) is 0. The third-order valence-corrected chi connectivity index (χ3v) is 5.21. The normalized spacial score (nSPS) is 14.7. The number of nitrogens with zero attached hydrogens (tertiary/aromatic N) is 2. The Morgan fingerprint density at radius 2 is 1.71 bits per heavy atom. The van der Waals surface area contributed by atoms with Gasteiger partial charge in [-0.1, -0.05) is 48.0 Å². The van der Waals surface area contributed by atoms with Gasteiger partial charge in [0, 0.05) is 11.1 Å². The van der Waals surface area contributed by atoms with Gasteiger partial charge in [-0.3, -0.25) is 9.69 Å². The topological polar surface area (TPSA) is 51.1 Å². The van der Waals surface area contributed by atoms with E-state index in [1.807, 2.05) is 74.5 Å². The number of anilines is 1. The van der Waals surface area contributed by atoms with Crippen molar-refractivity contribution in [2.24, 2.45) is 4.99 Å². The van der Waals surface area contributed by atoms with Crippen molar-refractivity contribution in [3.8, 4) is 11.5 Å². The Bertz CT molecular complexity index is 1210. The maximum atomic E-state index is 13.6. The van der Waals surface area contributed by atoms with Crippen molar-refractivity contribution in [3.05, 3.63) is 94.7 Å². The Morgan fingerprint density at radius 1 is 0.903 bits per heavy atom. The average molecular weight is 412 g/mol. The number of methoxy groups -OCH3 is 2. The first kappa shape index (κ1) is 20.4. The molecule has 31 heavy (non-hydrogen) atoms. The quantitative estimate of drug-likeness (QED) is 0.544. The van der Waals surface area contributed by atoms with Crippen LogP contribution in [0.15, 0.2) is 77.4 Å². The van der Waals surface area contributed by atoms with Crippen LogP contribution in [-0.2, 0) is 4.79 Å². The van der Waals surface area contributed by atoms with Gasteiger partial charge in [-0.25, -0.2) is 4.99 Å². The standard InChI is InChI=1S/C26H24N2O3/c1-17-12-13-23(18(2)14-17)28-25(20-9-7-10-21(15-20)30-3)27-22(26(28)29)16-19-8-5-6-11-24(19)31-4/h5-16H,1-4H3/b22-16-. The lowest BCUT2D eigenvalue weighted by Gasteiger charge is -2.21. The summed E-state index contributed by atoms with van der Waals surface area (Å²) in [6.07, 6.45) is 1.77. The van der Waals surface area contributed by atoms with E-state index in [9.17, 15) is 4.79 Å². The first-order valence-electron chi connectivity index (χ1n) is 10.0. The van der Waals surface area contributed by atoms with Crippen molar-refractivity contribution < 1.29 is 14.3 Å². The Morgan fingerprint density at radius 3 is 2.45 bits per heavy atom. The van der Waals surface area contributed by atoms with Gasteiger partial charge in [0.15, 0.2) is 0 Å². The largest absolute Gasteiger partial charge is 0.497 e. The van der Waals surface area contributed by atoms with Crippen molar-refractivity contribution in [1.29, 1.82) is 0 Å². The van der Waals surface area contributed by atoms with Crippen molar-refractivity contribution in [1.82, 2.24) is 0 Å². The van der Waals surface area contributed by atoms with Gasteiger partial charge in [0.1, 0.15) is 23.0 Å². The number of carbonyl (C=O) groups excluding carboxylic acids is 1. The van der Waals surface area contributed by atoms with E-state index < -0.39 is 0 Å². The molecule has 156 valence electrons.